The number of nitrogen functional groups attached to an aromatic ring is 1. The Bertz CT molecular complexity index is 585. The highest BCUT2D eigenvalue weighted by Gasteiger charge is 2.31. The molecular weight excluding hydrogens is 332 g/mol. The lowest BCUT2D eigenvalue weighted by atomic mass is 10.0. The summed E-state index contributed by atoms with van der Waals surface area (Å²) in [6.45, 7) is 3.02. The van der Waals surface area contributed by atoms with Gasteiger partial charge in [-0.3, -0.25) is 9.69 Å². The van der Waals surface area contributed by atoms with Crippen LogP contribution in [-0.2, 0) is 4.74 Å². The third kappa shape index (κ3) is 4.10. The molecule has 1 aliphatic heterocycles. The van der Waals surface area contributed by atoms with Crippen molar-refractivity contribution in [3.8, 4) is 5.75 Å². The van der Waals surface area contributed by atoms with Crippen LogP contribution in [0.15, 0.2) is 12.1 Å². The highest BCUT2D eigenvalue weighted by Crippen LogP contribution is 2.33. The van der Waals surface area contributed by atoms with Gasteiger partial charge in [-0.05, 0) is 18.6 Å². The number of nitrogens with one attached hydrogen (secondary N) is 1. The Morgan fingerprint density at radius 1 is 1.46 bits per heavy atom. The molecule has 0 bridgehead atoms. The quantitative estimate of drug-likeness (QED) is 0.649. The number of nitrogens with two attached hydrogens (primary N) is 2. The fourth-order valence-electron chi connectivity index (χ4n) is 2.97. The molecule has 2 rings (SSSR count). The summed E-state index contributed by atoms with van der Waals surface area (Å²) in [6, 6.07) is 3.12. The molecule has 0 saturated carbocycles. The van der Waals surface area contributed by atoms with E-state index in [1.807, 2.05) is 0 Å². The van der Waals surface area contributed by atoms with Gasteiger partial charge in [-0.15, -0.1) is 0 Å². The van der Waals surface area contributed by atoms with Crippen LogP contribution in [0.3, 0.4) is 0 Å². The van der Waals surface area contributed by atoms with E-state index in [0.717, 1.165) is 26.1 Å². The molecule has 1 saturated heterocycles. The Balaban J connectivity index is 2.11. The van der Waals surface area contributed by atoms with Crippen molar-refractivity contribution in [1.82, 2.24) is 10.2 Å². The standard InChI is InChI=1S/C16H25ClN4O3/c1-23-13-9-21(8-6-18)7-5-12(13)20-16(22)10-3-4-11(19)14(17)15(10)24-2/h3-4,12-13H,5-9,18-19H2,1-2H3,(H,20,22)/t12-,13+/m1/s1. The number of piperidine rings is 1. The smallest absolute Gasteiger partial charge is 0.255 e. The zero-order chi connectivity index (χ0) is 17.7. The maximum absolute atomic E-state index is 12.6. The molecule has 0 aromatic heterocycles. The first-order chi connectivity index (χ1) is 11.5. The molecule has 7 nitrogen and oxygen atoms in total. The zero-order valence-electron chi connectivity index (χ0n) is 14.0. The van der Waals surface area contributed by atoms with Gasteiger partial charge < -0.3 is 26.3 Å². The molecule has 1 aromatic rings. The molecule has 1 fully saturated rings. The normalized spacial score (nSPS) is 21.5. The molecule has 1 aromatic carbocycles. The lowest BCUT2D eigenvalue weighted by Gasteiger charge is -2.38. The predicted molar refractivity (Wildman–Crippen MR) is 94.6 cm³/mol. The molecule has 8 heteroatoms. The number of likely N-dealkylation sites (tertiary alicyclic amines) is 1. The summed E-state index contributed by atoms with van der Waals surface area (Å²) in [7, 11) is 3.11. The Morgan fingerprint density at radius 3 is 2.83 bits per heavy atom. The minimum Gasteiger partial charge on any atom is -0.494 e. The first-order valence-electron chi connectivity index (χ1n) is 7.89. The molecule has 1 aliphatic rings. The Labute approximate surface area is 147 Å². The number of rotatable bonds is 6. The summed E-state index contributed by atoms with van der Waals surface area (Å²) in [6.07, 6.45) is 0.694. The number of nitrogens with zero attached hydrogens (tertiary/aromatic N) is 1. The lowest BCUT2D eigenvalue weighted by Crippen LogP contribution is -2.55. The van der Waals surface area contributed by atoms with Gasteiger partial charge in [0.15, 0.2) is 5.75 Å². The molecule has 134 valence electrons. The van der Waals surface area contributed by atoms with Gasteiger partial charge in [0.1, 0.15) is 5.02 Å². The second-order valence-electron chi connectivity index (χ2n) is 5.78. The van der Waals surface area contributed by atoms with Crippen LogP contribution in [0.1, 0.15) is 16.8 Å². The molecule has 0 unspecified atom stereocenters. The average Bonchev–Trinajstić information content (AvgIpc) is 2.58. The highest BCUT2D eigenvalue weighted by molar-refractivity contribution is 6.35. The van der Waals surface area contributed by atoms with Crippen LogP contribution in [-0.4, -0.2) is 63.4 Å². The third-order valence-electron chi connectivity index (χ3n) is 4.28. The molecule has 2 atom stereocenters. The largest absolute Gasteiger partial charge is 0.494 e. The first kappa shape index (κ1) is 18.8. The molecule has 24 heavy (non-hydrogen) atoms. The third-order valence-corrected chi connectivity index (χ3v) is 4.67. The van der Waals surface area contributed by atoms with Crippen molar-refractivity contribution >= 4 is 23.2 Å². The average molecular weight is 357 g/mol. The van der Waals surface area contributed by atoms with Gasteiger partial charge in [-0.25, -0.2) is 0 Å². The van der Waals surface area contributed by atoms with Crippen LogP contribution in [0.4, 0.5) is 5.69 Å². The van der Waals surface area contributed by atoms with Gasteiger partial charge in [-0.2, -0.15) is 0 Å². The lowest BCUT2D eigenvalue weighted by molar-refractivity contribution is 0.00735. The summed E-state index contributed by atoms with van der Waals surface area (Å²) in [4.78, 5) is 14.9. The van der Waals surface area contributed by atoms with Gasteiger partial charge in [0, 0.05) is 33.3 Å². The van der Waals surface area contributed by atoms with Crippen molar-refractivity contribution in [2.45, 2.75) is 18.6 Å². The van der Waals surface area contributed by atoms with E-state index in [2.05, 4.69) is 10.2 Å². The summed E-state index contributed by atoms with van der Waals surface area (Å²) >= 11 is 6.12. The Hall–Kier alpha value is -1.54. The number of ether oxygens (including phenoxy) is 2. The summed E-state index contributed by atoms with van der Waals surface area (Å²) in [5.74, 6) is 0.0248. The topological polar surface area (TPSA) is 103 Å². The van der Waals surface area contributed by atoms with Crippen LogP contribution in [0, 0.1) is 0 Å². The fraction of sp³-hybridized carbons (Fsp3) is 0.562. The number of carbonyl (C=O) groups excluding carboxylic acids is 1. The van der Waals surface area contributed by atoms with E-state index < -0.39 is 0 Å². The van der Waals surface area contributed by atoms with Crippen molar-refractivity contribution in [3.05, 3.63) is 22.7 Å². The number of halogens is 1. The van der Waals surface area contributed by atoms with Gasteiger partial charge in [0.25, 0.3) is 5.91 Å². The molecule has 1 heterocycles. The van der Waals surface area contributed by atoms with Crippen molar-refractivity contribution in [3.63, 3.8) is 0 Å². The molecule has 0 radical (unpaired) electrons. The first-order valence-corrected chi connectivity index (χ1v) is 8.27. The SMILES string of the molecule is COc1c(C(=O)N[C@@H]2CCN(CCN)C[C@@H]2OC)ccc(N)c1Cl. The number of anilines is 1. The molecule has 5 N–H and O–H groups in total. The molecule has 1 amide bonds. The molecule has 0 aliphatic carbocycles. The number of hydrogen-bond acceptors (Lipinski definition) is 6. The number of benzene rings is 1. The molecule has 0 spiro atoms. The van der Waals surface area contributed by atoms with Crippen LogP contribution in [0.25, 0.3) is 0 Å². The van der Waals surface area contributed by atoms with Crippen molar-refractivity contribution < 1.29 is 14.3 Å². The van der Waals surface area contributed by atoms with Crippen molar-refractivity contribution in [2.75, 3.05) is 46.1 Å². The van der Waals surface area contributed by atoms with Crippen LogP contribution >= 0.6 is 11.6 Å². The summed E-state index contributed by atoms with van der Waals surface area (Å²) in [5.41, 5.74) is 12.1. The molecular formula is C16H25ClN4O3. The van der Waals surface area contributed by atoms with Crippen LogP contribution in [0.2, 0.25) is 5.02 Å². The van der Waals surface area contributed by atoms with E-state index >= 15 is 0 Å². The fourth-order valence-corrected chi connectivity index (χ4v) is 3.21. The van der Waals surface area contributed by atoms with E-state index in [4.69, 9.17) is 32.5 Å². The van der Waals surface area contributed by atoms with Crippen molar-refractivity contribution in [1.29, 1.82) is 0 Å². The van der Waals surface area contributed by atoms with Gasteiger partial charge in [-0.1, -0.05) is 11.6 Å². The van der Waals surface area contributed by atoms with Crippen LogP contribution in [0.5, 0.6) is 5.75 Å². The van der Waals surface area contributed by atoms with E-state index in [9.17, 15) is 4.79 Å². The predicted octanol–water partition coefficient (Wildman–Crippen LogP) is 0.709. The van der Waals surface area contributed by atoms with Crippen LogP contribution < -0.4 is 21.5 Å². The number of hydrogen-bond donors (Lipinski definition) is 3. The second kappa shape index (κ2) is 8.53. The Morgan fingerprint density at radius 2 is 2.21 bits per heavy atom. The number of carbonyl (C=O) groups is 1. The maximum Gasteiger partial charge on any atom is 0.255 e. The van der Waals surface area contributed by atoms with E-state index in [1.54, 1.807) is 19.2 Å². The van der Waals surface area contributed by atoms with E-state index in [-0.39, 0.29) is 28.8 Å². The monoisotopic (exact) mass is 356 g/mol. The summed E-state index contributed by atoms with van der Waals surface area (Å²) in [5, 5.41) is 3.26. The zero-order valence-corrected chi connectivity index (χ0v) is 14.8. The van der Waals surface area contributed by atoms with Gasteiger partial charge >= 0.3 is 0 Å². The number of methoxy groups -OCH3 is 2. The van der Waals surface area contributed by atoms with E-state index in [1.165, 1.54) is 7.11 Å². The maximum atomic E-state index is 12.6. The second-order valence-corrected chi connectivity index (χ2v) is 6.16. The minimum atomic E-state index is -0.256. The highest BCUT2D eigenvalue weighted by atomic mass is 35.5. The van der Waals surface area contributed by atoms with Gasteiger partial charge in [0.05, 0.1) is 30.5 Å². The Kier molecular flexibility index (Phi) is 6.68. The van der Waals surface area contributed by atoms with Crippen molar-refractivity contribution in [2.24, 2.45) is 5.73 Å². The number of amides is 1. The minimum absolute atomic E-state index is 0.0856. The van der Waals surface area contributed by atoms with E-state index in [0.29, 0.717) is 17.8 Å². The van der Waals surface area contributed by atoms with Gasteiger partial charge in [0.2, 0.25) is 0 Å². The summed E-state index contributed by atoms with van der Waals surface area (Å²) < 4.78 is 10.8.